The number of fused-ring (bicyclic) bond motifs is 2. The van der Waals surface area contributed by atoms with E-state index in [4.69, 9.17) is 0 Å². The van der Waals surface area contributed by atoms with Crippen LogP contribution in [0.25, 0.3) is 21.5 Å². The van der Waals surface area contributed by atoms with Gasteiger partial charge < -0.3 is 40.9 Å². The van der Waals surface area contributed by atoms with Gasteiger partial charge in [-0.25, -0.2) is 19.6 Å². The third kappa shape index (κ3) is 15.3. The van der Waals surface area contributed by atoms with E-state index in [-0.39, 0.29) is 196 Å². The van der Waals surface area contributed by atoms with Gasteiger partial charge in [0, 0.05) is 60.9 Å². The largest absolute Gasteiger partial charge is 1.00 e. The molecule has 0 fully saturated rings. The Bertz CT molecular complexity index is 3960. The maximum Gasteiger partial charge on any atom is 1.00 e. The number of phenolic OH excluding ortho intramolecular Hbond substituents is 4. The molecule has 0 unspecified atom stereocenters. The minimum Gasteiger partial charge on any atom is -0.506 e. The van der Waals surface area contributed by atoms with Crippen LogP contribution in [0.3, 0.4) is 0 Å². The molecule has 0 saturated carbocycles. The first-order chi connectivity index (χ1) is 38.7. The van der Waals surface area contributed by atoms with E-state index < -0.39 is 23.5 Å². The van der Waals surface area contributed by atoms with Crippen molar-refractivity contribution in [2.24, 2.45) is 30.4 Å². The number of aromatic carboxylic acids is 2. The minimum absolute atomic E-state index is 0. The molecule has 10 aromatic carbocycles. The standard InChI is InChI=1S/2C31H21N3O6.Co.3Na/c2*35-25-16-14-18-9-6-12-24(32-30(38)19-7-2-1-3-8-19)27(18)28(25)34-33-23-15-13-20(17-26(23)36)29(37)21-10-4-5-11-22(21)31(39)40;;;;/h2*1-17,35-36H,(H,32,38)(H,39,40);;;;/q;;;3*+1. The zero-order valence-electron chi connectivity index (χ0n) is 44.9. The Morgan fingerprint density at radius 1 is 0.310 bits per heavy atom. The van der Waals surface area contributed by atoms with Gasteiger partial charge in [-0.15, -0.1) is 20.5 Å². The second-order valence-electron chi connectivity index (χ2n) is 17.4. The quantitative estimate of drug-likeness (QED) is 0.0221. The maximum atomic E-state index is 12.9. The van der Waals surface area contributed by atoms with E-state index in [0.717, 1.165) is 0 Å². The summed E-state index contributed by atoms with van der Waals surface area (Å²) in [6.07, 6.45) is 0. The van der Waals surface area contributed by atoms with Gasteiger partial charge in [0.2, 0.25) is 11.8 Å². The molecule has 0 bridgehead atoms. The summed E-state index contributed by atoms with van der Waals surface area (Å²) in [5.74, 6) is -5.23. The molecular weight excluding hydrogens is 1150 g/mol. The molecule has 0 aliphatic carbocycles. The predicted molar refractivity (Wildman–Crippen MR) is 300 cm³/mol. The maximum absolute atomic E-state index is 12.9. The Morgan fingerprint density at radius 2 is 0.655 bits per heavy atom. The summed E-state index contributed by atoms with van der Waals surface area (Å²) in [5, 5.41) is 101. The summed E-state index contributed by atoms with van der Waals surface area (Å²) in [7, 11) is 0. The first kappa shape index (κ1) is 66.6. The van der Waals surface area contributed by atoms with Crippen molar-refractivity contribution in [3.8, 4) is 23.0 Å². The number of carbonyl (C=O) groups is 4. The Hall–Kier alpha value is -8.15. The van der Waals surface area contributed by atoms with E-state index in [1.807, 2.05) is 12.1 Å². The number of carboxylic acids is 2. The summed E-state index contributed by atoms with van der Waals surface area (Å²) in [6.45, 7) is 0. The Balaban J connectivity index is 0.000000293. The number of carboxylic acid groups (broad SMARTS) is 2. The number of phenols is 4. The van der Waals surface area contributed by atoms with Crippen molar-refractivity contribution in [1.82, 2.24) is 0 Å². The molecule has 0 aliphatic heterocycles. The molecule has 401 valence electrons. The molecule has 0 amide bonds. The second kappa shape index (κ2) is 30.4. The molecule has 18 nitrogen and oxygen atoms in total. The van der Waals surface area contributed by atoms with E-state index >= 15 is 0 Å². The van der Waals surface area contributed by atoms with Gasteiger partial charge in [0.15, 0.2) is 11.6 Å². The Labute approximate surface area is 555 Å². The number of rotatable bonds is 14. The molecule has 84 heavy (non-hydrogen) atoms. The molecule has 1 radical (unpaired) electrons. The molecule has 0 spiro atoms. The molecule has 0 atom stereocenters. The van der Waals surface area contributed by atoms with E-state index in [2.05, 4.69) is 30.4 Å². The van der Waals surface area contributed by atoms with E-state index in [0.29, 0.717) is 44.0 Å². The number of azo groups is 2. The third-order valence-corrected chi connectivity index (χ3v) is 12.3. The van der Waals surface area contributed by atoms with Crippen molar-refractivity contribution >= 4 is 91.0 Å². The summed E-state index contributed by atoms with van der Waals surface area (Å²) < 4.78 is 0. The van der Waals surface area contributed by atoms with Crippen LogP contribution in [0.2, 0.25) is 0 Å². The van der Waals surface area contributed by atoms with Crippen LogP contribution in [-0.4, -0.2) is 76.2 Å². The molecule has 0 aliphatic rings. The van der Waals surface area contributed by atoms with Gasteiger partial charge in [0.1, 0.15) is 45.7 Å². The van der Waals surface area contributed by atoms with Crippen LogP contribution in [0.15, 0.2) is 237 Å². The van der Waals surface area contributed by atoms with E-state index in [1.54, 1.807) is 109 Å². The van der Waals surface area contributed by atoms with Gasteiger partial charge in [-0.1, -0.05) is 109 Å². The van der Waals surface area contributed by atoms with Crippen molar-refractivity contribution in [3.05, 3.63) is 251 Å². The molecular formula is C62H42CoN6Na3O12+3. The number of aliphatic hydroxyl groups is 2. The molecule has 0 heterocycles. The van der Waals surface area contributed by atoms with Crippen LogP contribution in [0.5, 0.6) is 23.0 Å². The molecule has 22 heteroatoms. The number of nitrogens with zero attached hydrogens (tertiary/aromatic N) is 6. The molecule has 0 saturated heterocycles. The van der Waals surface area contributed by atoms with Crippen molar-refractivity contribution in [1.29, 1.82) is 0 Å². The first-order valence-electron chi connectivity index (χ1n) is 24.1. The number of aliphatic imine (C=N–C) groups is 2. The second-order valence-corrected chi connectivity index (χ2v) is 17.4. The average molecular weight is 1190 g/mol. The van der Waals surface area contributed by atoms with Crippen molar-refractivity contribution in [2.75, 3.05) is 0 Å². The number of hydrogen-bond acceptors (Lipinski definition) is 14. The average Bonchev–Trinajstić information content (AvgIpc) is 3.68. The SMILES string of the molecule is O=C(O)c1ccccc1C(=O)c1ccc(N=Nc2c(O)ccc3cccc(N=C(O)c4ccccc4)c23)c(O)c1.O=C(O)c1ccccc1C(=O)c1ccc(N=Nc2c(O)ccc3cccc(N=C(O)c4ccccc4)c23)c(O)c1.[Co].[Na+].[Na+].[Na+]. The molecule has 8 N–H and O–H groups in total. The third-order valence-electron chi connectivity index (χ3n) is 12.3. The number of aromatic hydroxyl groups is 4. The summed E-state index contributed by atoms with van der Waals surface area (Å²) in [6, 6.07) is 53.6. The monoisotopic (exact) mass is 1190 g/mol. The van der Waals surface area contributed by atoms with E-state index in [1.165, 1.54) is 84.9 Å². The topological polar surface area (TPSA) is 304 Å². The van der Waals surface area contributed by atoms with Gasteiger partial charge in [0.05, 0.1) is 22.5 Å². The molecule has 0 aromatic heterocycles. The number of ketones is 2. The predicted octanol–water partition coefficient (Wildman–Crippen LogP) is 5.47. The van der Waals surface area contributed by atoms with Crippen LogP contribution < -0.4 is 88.7 Å². The van der Waals surface area contributed by atoms with Crippen molar-refractivity contribution in [3.63, 3.8) is 0 Å². The van der Waals surface area contributed by atoms with Crippen LogP contribution in [0, 0.1) is 0 Å². The zero-order chi connectivity index (χ0) is 56.5. The first-order valence-corrected chi connectivity index (χ1v) is 24.1. The van der Waals surface area contributed by atoms with Crippen LogP contribution >= 0.6 is 0 Å². The fraction of sp³-hybridized carbons (Fsp3) is 0. The number of carbonyl (C=O) groups excluding carboxylic acids is 2. The van der Waals surface area contributed by atoms with Gasteiger partial charge in [-0.05, 0) is 108 Å². The van der Waals surface area contributed by atoms with Gasteiger partial charge >= 0.3 is 101 Å². The van der Waals surface area contributed by atoms with Gasteiger partial charge in [0.25, 0.3) is 0 Å². The zero-order valence-corrected chi connectivity index (χ0v) is 51.9. The van der Waals surface area contributed by atoms with Crippen molar-refractivity contribution < 1.29 is 165 Å². The van der Waals surface area contributed by atoms with Gasteiger partial charge in [-0.2, -0.15) is 0 Å². The Morgan fingerprint density at radius 3 is 1.00 bits per heavy atom. The van der Waals surface area contributed by atoms with Gasteiger partial charge in [-0.3, -0.25) is 9.59 Å². The van der Waals surface area contributed by atoms with Crippen LogP contribution in [0.1, 0.15) is 63.7 Å². The number of aliphatic hydroxyl groups excluding tert-OH is 2. The fourth-order valence-electron chi connectivity index (χ4n) is 8.33. The Kier molecular flexibility index (Phi) is 24.1. The fourth-order valence-corrected chi connectivity index (χ4v) is 8.33. The smallest absolute Gasteiger partial charge is 0.506 e. The minimum atomic E-state index is -1.24. The van der Waals surface area contributed by atoms with Crippen LogP contribution in [-0.2, 0) is 16.8 Å². The number of benzene rings is 10. The summed E-state index contributed by atoms with van der Waals surface area (Å²) >= 11 is 0. The summed E-state index contributed by atoms with van der Waals surface area (Å²) in [4.78, 5) is 57.6. The van der Waals surface area contributed by atoms with Crippen LogP contribution in [0.4, 0.5) is 34.1 Å². The summed E-state index contributed by atoms with van der Waals surface area (Å²) in [5.41, 5.74) is 1.61. The normalized spacial score (nSPS) is 11.1. The number of hydrogen-bond donors (Lipinski definition) is 8. The molecule has 10 aromatic rings. The molecule has 10 rings (SSSR count). The van der Waals surface area contributed by atoms with E-state index in [9.17, 15) is 60.0 Å². The van der Waals surface area contributed by atoms with Crippen molar-refractivity contribution in [2.45, 2.75) is 0 Å².